The van der Waals surface area contributed by atoms with Gasteiger partial charge in [0.05, 0.1) is 12.7 Å². The molecule has 170 valence electrons. The standard InChI is InChI=1S/C22H24N2O6S2/c1-15-19(20(25)23-14-16-5-3-6-17(13-16)29-2)22(30-21(15)26)8-10-24(11-9-22)32(27,28)18-7-4-12-31-18/h3-7,12-13H,8-11,14H2,1-2H3,(H,23,25). The van der Waals surface area contributed by atoms with Crippen LogP contribution in [-0.4, -0.2) is 50.4 Å². The topological polar surface area (TPSA) is 102 Å². The van der Waals surface area contributed by atoms with E-state index in [9.17, 15) is 18.0 Å². The second-order valence-electron chi connectivity index (χ2n) is 7.75. The molecule has 0 bridgehead atoms. The molecule has 3 heterocycles. The quantitative estimate of drug-likeness (QED) is 0.643. The van der Waals surface area contributed by atoms with E-state index in [0.717, 1.165) is 16.9 Å². The molecule has 2 aliphatic rings. The molecule has 4 rings (SSSR count). The first kappa shape index (κ1) is 22.5. The lowest BCUT2D eigenvalue weighted by Crippen LogP contribution is -2.50. The second-order valence-corrected chi connectivity index (χ2v) is 10.9. The Morgan fingerprint density at radius 1 is 1.25 bits per heavy atom. The van der Waals surface area contributed by atoms with E-state index in [1.54, 1.807) is 31.5 Å². The van der Waals surface area contributed by atoms with Crippen molar-refractivity contribution in [3.05, 3.63) is 58.5 Å². The maximum Gasteiger partial charge on any atom is 0.335 e. The fourth-order valence-corrected chi connectivity index (χ4v) is 6.74. The molecule has 8 nitrogen and oxygen atoms in total. The molecule has 1 spiro atoms. The molecule has 1 aromatic heterocycles. The van der Waals surface area contributed by atoms with E-state index in [-0.39, 0.29) is 48.2 Å². The Bertz CT molecular complexity index is 1160. The Kier molecular flexibility index (Phi) is 6.11. The van der Waals surface area contributed by atoms with Crippen molar-refractivity contribution >= 4 is 33.2 Å². The Morgan fingerprint density at radius 2 is 2.00 bits per heavy atom. The Hall–Kier alpha value is -2.69. The number of nitrogens with one attached hydrogen (secondary N) is 1. The molecule has 1 N–H and O–H groups in total. The molecule has 1 amide bonds. The predicted octanol–water partition coefficient (Wildman–Crippen LogP) is 2.47. The van der Waals surface area contributed by atoms with Crippen LogP contribution >= 0.6 is 11.3 Å². The number of benzene rings is 1. The highest BCUT2D eigenvalue weighted by Crippen LogP contribution is 2.42. The number of piperidine rings is 1. The number of amides is 1. The van der Waals surface area contributed by atoms with Gasteiger partial charge in [0.25, 0.3) is 15.9 Å². The number of hydrogen-bond acceptors (Lipinski definition) is 7. The first-order valence-electron chi connectivity index (χ1n) is 10.2. The molecule has 0 aliphatic carbocycles. The Labute approximate surface area is 190 Å². The highest BCUT2D eigenvalue weighted by atomic mass is 32.2. The van der Waals surface area contributed by atoms with E-state index in [1.165, 1.54) is 4.31 Å². The van der Waals surface area contributed by atoms with Crippen LogP contribution in [0.1, 0.15) is 25.3 Å². The minimum absolute atomic E-state index is 0.160. The number of carbonyl (C=O) groups excluding carboxylic acids is 2. The normalized spacial score (nSPS) is 18.6. The Balaban J connectivity index is 1.49. The fourth-order valence-electron chi connectivity index (χ4n) is 4.16. The molecule has 0 saturated carbocycles. The zero-order valence-electron chi connectivity index (χ0n) is 17.8. The molecule has 0 radical (unpaired) electrons. The van der Waals surface area contributed by atoms with Gasteiger partial charge in [0, 0.05) is 38.0 Å². The summed E-state index contributed by atoms with van der Waals surface area (Å²) in [5, 5.41) is 4.58. The molecular formula is C22H24N2O6S2. The first-order valence-corrected chi connectivity index (χ1v) is 12.5. The van der Waals surface area contributed by atoms with E-state index >= 15 is 0 Å². The zero-order chi connectivity index (χ0) is 22.9. The third-order valence-electron chi connectivity index (χ3n) is 5.86. The Morgan fingerprint density at radius 3 is 2.66 bits per heavy atom. The van der Waals surface area contributed by atoms with Gasteiger partial charge in [-0.3, -0.25) is 4.79 Å². The molecular weight excluding hydrogens is 452 g/mol. The van der Waals surface area contributed by atoms with Gasteiger partial charge in [0.1, 0.15) is 15.6 Å². The minimum atomic E-state index is -3.60. The van der Waals surface area contributed by atoms with Gasteiger partial charge in [-0.05, 0) is 36.1 Å². The third kappa shape index (κ3) is 4.05. The van der Waals surface area contributed by atoms with Crippen LogP contribution in [0.25, 0.3) is 0 Å². The second kappa shape index (κ2) is 8.68. The summed E-state index contributed by atoms with van der Waals surface area (Å²) in [6.45, 7) is 2.16. The lowest BCUT2D eigenvalue weighted by Gasteiger charge is -2.38. The summed E-state index contributed by atoms with van der Waals surface area (Å²) in [5.41, 5.74) is 0.301. The van der Waals surface area contributed by atoms with Crippen LogP contribution in [-0.2, 0) is 30.9 Å². The average molecular weight is 477 g/mol. The lowest BCUT2D eigenvalue weighted by molar-refractivity contribution is -0.150. The van der Waals surface area contributed by atoms with E-state index in [1.807, 2.05) is 24.3 Å². The van der Waals surface area contributed by atoms with Gasteiger partial charge in [-0.1, -0.05) is 18.2 Å². The number of nitrogens with zero attached hydrogens (tertiary/aromatic N) is 1. The van der Waals surface area contributed by atoms with E-state index in [4.69, 9.17) is 9.47 Å². The van der Waals surface area contributed by atoms with Gasteiger partial charge in [-0.15, -0.1) is 11.3 Å². The third-order valence-corrected chi connectivity index (χ3v) is 9.13. The van der Waals surface area contributed by atoms with Crippen LogP contribution < -0.4 is 10.1 Å². The minimum Gasteiger partial charge on any atom is -0.497 e. The molecule has 0 unspecified atom stereocenters. The SMILES string of the molecule is COc1cccc(CNC(=O)C2=C(C)C(=O)OC23CCN(S(=O)(=O)c2cccs2)CC3)c1. The van der Waals surface area contributed by atoms with Crippen molar-refractivity contribution in [2.24, 2.45) is 0 Å². The molecule has 1 saturated heterocycles. The van der Waals surface area contributed by atoms with E-state index in [2.05, 4.69) is 5.32 Å². The summed E-state index contributed by atoms with van der Waals surface area (Å²) in [4.78, 5) is 25.5. The number of thiophene rings is 1. The number of hydrogen-bond donors (Lipinski definition) is 1. The number of sulfonamides is 1. The zero-order valence-corrected chi connectivity index (χ0v) is 19.4. The number of rotatable bonds is 6. The smallest absolute Gasteiger partial charge is 0.335 e. The van der Waals surface area contributed by atoms with Crippen LogP contribution in [0.15, 0.2) is 57.1 Å². The van der Waals surface area contributed by atoms with Crippen molar-refractivity contribution in [3.63, 3.8) is 0 Å². The van der Waals surface area contributed by atoms with Crippen molar-refractivity contribution < 1.29 is 27.5 Å². The van der Waals surface area contributed by atoms with Gasteiger partial charge in [0.2, 0.25) is 0 Å². The summed E-state index contributed by atoms with van der Waals surface area (Å²) in [6.07, 6.45) is 0.450. The maximum absolute atomic E-state index is 13.1. The van der Waals surface area contributed by atoms with Crippen LogP contribution in [0.3, 0.4) is 0 Å². The monoisotopic (exact) mass is 476 g/mol. The van der Waals surface area contributed by atoms with Crippen molar-refractivity contribution in [3.8, 4) is 5.75 Å². The molecule has 10 heteroatoms. The number of methoxy groups -OCH3 is 1. The average Bonchev–Trinajstić information content (AvgIpc) is 3.41. The molecule has 32 heavy (non-hydrogen) atoms. The highest BCUT2D eigenvalue weighted by Gasteiger charge is 2.52. The molecule has 1 aromatic carbocycles. The largest absolute Gasteiger partial charge is 0.497 e. The van der Waals surface area contributed by atoms with Gasteiger partial charge < -0.3 is 14.8 Å². The molecule has 0 atom stereocenters. The summed E-state index contributed by atoms with van der Waals surface area (Å²) >= 11 is 1.16. The van der Waals surface area contributed by atoms with Gasteiger partial charge >= 0.3 is 5.97 Å². The van der Waals surface area contributed by atoms with Crippen molar-refractivity contribution in [1.82, 2.24) is 9.62 Å². The van der Waals surface area contributed by atoms with Crippen molar-refractivity contribution in [2.75, 3.05) is 20.2 Å². The van der Waals surface area contributed by atoms with Gasteiger partial charge in [-0.2, -0.15) is 4.31 Å². The molecule has 2 aliphatic heterocycles. The number of ether oxygens (including phenoxy) is 2. The van der Waals surface area contributed by atoms with Crippen LogP contribution in [0, 0.1) is 0 Å². The fraction of sp³-hybridized carbons (Fsp3) is 0.364. The summed E-state index contributed by atoms with van der Waals surface area (Å²) < 4.78 is 38.2. The highest BCUT2D eigenvalue weighted by molar-refractivity contribution is 7.91. The van der Waals surface area contributed by atoms with E-state index in [0.29, 0.717) is 11.3 Å². The maximum atomic E-state index is 13.1. The van der Waals surface area contributed by atoms with Gasteiger partial charge in [0.15, 0.2) is 0 Å². The molecule has 1 fully saturated rings. The predicted molar refractivity (Wildman–Crippen MR) is 119 cm³/mol. The van der Waals surface area contributed by atoms with Crippen LogP contribution in [0.5, 0.6) is 5.75 Å². The van der Waals surface area contributed by atoms with Crippen molar-refractivity contribution in [1.29, 1.82) is 0 Å². The van der Waals surface area contributed by atoms with Crippen molar-refractivity contribution in [2.45, 2.75) is 36.1 Å². The van der Waals surface area contributed by atoms with Crippen LogP contribution in [0.4, 0.5) is 0 Å². The first-order chi connectivity index (χ1) is 15.3. The summed E-state index contributed by atoms with van der Waals surface area (Å²) in [7, 11) is -2.03. The van der Waals surface area contributed by atoms with E-state index < -0.39 is 21.6 Å². The molecule has 2 aromatic rings. The van der Waals surface area contributed by atoms with Gasteiger partial charge in [-0.25, -0.2) is 13.2 Å². The lowest BCUT2D eigenvalue weighted by atomic mass is 9.83. The number of carbonyl (C=O) groups is 2. The number of esters is 1. The summed E-state index contributed by atoms with van der Waals surface area (Å²) in [6, 6.07) is 10.6. The summed E-state index contributed by atoms with van der Waals surface area (Å²) in [5.74, 6) is -0.237. The van der Waals surface area contributed by atoms with Crippen LogP contribution in [0.2, 0.25) is 0 Å².